The van der Waals surface area contributed by atoms with Gasteiger partial charge in [-0.25, -0.2) is 0 Å². The van der Waals surface area contributed by atoms with Crippen LogP contribution < -0.4 is 0 Å². The molecular formula is C19H34O2. The van der Waals surface area contributed by atoms with Gasteiger partial charge in [-0.1, -0.05) is 82.6 Å². The summed E-state index contributed by atoms with van der Waals surface area (Å²) in [4.78, 5) is 10.6. The predicted octanol–water partition coefficient (Wildman–Crippen LogP) is 5.97. The third kappa shape index (κ3) is 18.9. The van der Waals surface area contributed by atoms with Gasteiger partial charge in [-0.05, 0) is 19.3 Å². The second kappa shape index (κ2) is 17.0. The number of esters is 1. The Kier molecular flexibility index (Phi) is 16.2. The van der Waals surface area contributed by atoms with Gasteiger partial charge in [0.05, 0.1) is 6.61 Å². The third-order valence-electron chi connectivity index (χ3n) is 3.59. The Morgan fingerprint density at radius 2 is 1.33 bits per heavy atom. The number of carbonyl (C=O) groups is 1. The van der Waals surface area contributed by atoms with E-state index in [1.165, 1.54) is 77.6 Å². The second-order valence-corrected chi connectivity index (χ2v) is 5.68. The second-order valence-electron chi connectivity index (χ2n) is 5.68. The van der Waals surface area contributed by atoms with Gasteiger partial charge in [0.15, 0.2) is 0 Å². The fourth-order valence-electron chi connectivity index (χ4n) is 2.36. The Morgan fingerprint density at radius 1 is 0.857 bits per heavy atom. The fourth-order valence-corrected chi connectivity index (χ4v) is 2.36. The Balaban J connectivity index is 3.01. The normalized spacial score (nSPS) is 10.9. The number of carbonyl (C=O) groups excluding carboxylic acids is 1. The van der Waals surface area contributed by atoms with Gasteiger partial charge in [0.1, 0.15) is 0 Å². The van der Waals surface area contributed by atoms with Gasteiger partial charge in [-0.3, -0.25) is 4.79 Å². The molecule has 0 rings (SSSR count). The quantitative estimate of drug-likeness (QED) is 0.211. The van der Waals surface area contributed by atoms with E-state index in [2.05, 4.69) is 12.7 Å². The summed E-state index contributed by atoms with van der Waals surface area (Å²) in [6.07, 6.45) is 21.6. The van der Waals surface area contributed by atoms with Crippen molar-refractivity contribution in [2.75, 3.05) is 6.61 Å². The van der Waals surface area contributed by atoms with Gasteiger partial charge >= 0.3 is 5.97 Å². The van der Waals surface area contributed by atoms with Crippen molar-refractivity contribution >= 4 is 5.97 Å². The number of hydrogen-bond acceptors (Lipinski definition) is 2. The van der Waals surface area contributed by atoms with E-state index in [0.717, 1.165) is 6.42 Å². The van der Waals surface area contributed by atoms with E-state index in [0.29, 0.717) is 6.61 Å². The lowest BCUT2D eigenvalue weighted by atomic mass is 10.1. The first-order chi connectivity index (χ1) is 10.3. The van der Waals surface area contributed by atoms with E-state index in [9.17, 15) is 4.79 Å². The van der Waals surface area contributed by atoms with Crippen molar-refractivity contribution in [3.05, 3.63) is 24.8 Å². The molecule has 0 spiro atoms. The molecule has 0 N–H and O–H groups in total. The summed E-state index contributed by atoms with van der Waals surface area (Å²) in [5.74, 6) is -0.160. The Morgan fingerprint density at radius 3 is 1.81 bits per heavy atom. The van der Waals surface area contributed by atoms with Crippen LogP contribution in [0.3, 0.4) is 0 Å². The molecule has 0 aliphatic carbocycles. The van der Waals surface area contributed by atoms with Gasteiger partial charge in [0.25, 0.3) is 0 Å². The van der Waals surface area contributed by atoms with Crippen LogP contribution in [0.4, 0.5) is 0 Å². The van der Waals surface area contributed by atoms with E-state index in [-0.39, 0.29) is 5.97 Å². The maximum atomic E-state index is 10.6. The van der Waals surface area contributed by atoms with Crippen molar-refractivity contribution < 1.29 is 9.53 Å². The minimum atomic E-state index is -0.160. The van der Waals surface area contributed by atoms with Crippen LogP contribution >= 0.6 is 0 Å². The summed E-state index contributed by atoms with van der Waals surface area (Å²) in [7, 11) is 0. The zero-order valence-corrected chi connectivity index (χ0v) is 13.9. The van der Waals surface area contributed by atoms with Crippen LogP contribution in [0.25, 0.3) is 0 Å². The van der Waals surface area contributed by atoms with Crippen molar-refractivity contribution in [1.82, 2.24) is 0 Å². The average molecular weight is 294 g/mol. The predicted molar refractivity (Wildman–Crippen MR) is 91.4 cm³/mol. The molecule has 0 heterocycles. The molecule has 0 radical (unpaired) electrons. The van der Waals surface area contributed by atoms with Gasteiger partial charge in [-0.2, -0.15) is 0 Å². The molecule has 0 saturated heterocycles. The van der Waals surface area contributed by atoms with Gasteiger partial charge in [-0.15, -0.1) is 0 Å². The molecule has 0 saturated carbocycles. The zero-order valence-electron chi connectivity index (χ0n) is 13.9. The number of rotatable bonds is 15. The highest BCUT2D eigenvalue weighted by Crippen LogP contribution is 2.12. The fraction of sp³-hybridized carbons (Fsp3) is 0.737. The van der Waals surface area contributed by atoms with E-state index in [1.807, 2.05) is 12.2 Å². The molecule has 0 aromatic heterocycles. The summed E-state index contributed by atoms with van der Waals surface area (Å²) in [6.45, 7) is 5.73. The molecule has 2 nitrogen and oxygen atoms in total. The van der Waals surface area contributed by atoms with Crippen LogP contribution in [0.15, 0.2) is 24.8 Å². The number of unbranched alkanes of at least 4 members (excludes halogenated alkanes) is 11. The first kappa shape index (κ1) is 19.9. The molecule has 0 aliphatic heterocycles. The van der Waals surface area contributed by atoms with E-state index in [1.54, 1.807) is 0 Å². The summed E-state index contributed by atoms with van der Waals surface area (Å²) in [5, 5.41) is 0. The van der Waals surface area contributed by atoms with Crippen molar-refractivity contribution in [1.29, 1.82) is 0 Å². The van der Waals surface area contributed by atoms with Gasteiger partial charge < -0.3 is 4.74 Å². The lowest BCUT2D eigenvalue weighted by Gasteiger charge is -2.03. The molecular weight excluding hydrogens is 260 g/mol. The molecule has 2 heteroatoms. The molecule has 0 fully saturated rings. The minimum Gasteiger partial charge on any atom is -0.466 e. The first-order valence-corrected chi connectivity index (χ1v) is 8.68. The zero-order chi connectivity index (χ0) is 15.6. The third-order valence-corrected chi connectivity index (χ3v) is 3.59. The van der Waals surface area contributed by atoms with Crippen LogP contribution in [0.1, 0.15) is 84.0 Å². The summed E-state index contributed by atoms with van der Waals surface area (Å²) >= 11 is 0. The lowest BCUT2D eigenvalue weighted by Crippen LogP contribution is -2.00. The van der Waals surface area contributed by atoms with E-state index in [4.69, 9.17) is 4.74 Å². The molecule has 21 heavy (non-hydrogen) atoms. The first-order valence-electron chi connectivity index (χ1n) is 8.68. The van der Waals surface area contributed by atoms with Crippen molar-refractivity contribution in [3.63, 3.8) is 0 Å². The van der Waals surface area contributed by atoms with Crippen molar-refractivity contribution in [3.8, 4) is 0 Å². The molecule has 0 aromatic rings. The molecule has 0 aliphatic rings. The maximum absolute atomic E-state index is 10.6. The Labute approximate surface area is 131 Å². The molecule has 0 amide bonds. The summed E-state index contributed by atoms with van der Waals surface area (Å²) in [6, 6.07) is 0. The average Bonchev–Trinajstić information content (AvgIpc) is 2.46. The Bertz CT molecular complexity index is 269. The standard InChI is InChI=1S/C19H34O2/c1-3-4-5-6-7-8-9-10-11-12-13-14-15-16-17-18-21-19(2)20/h3-5H,1,6-18H2,2H3. The number of allylic oxidation sites excluding steroid dienone is 3. The van der Waals surface area contributed by atoms with Crippen molar-refractivity contribution in [2.24, 2.45) is 0 Å². The topological polar surface area (TPSA) is 26.3 Å². The molecule has 0 atom stereocenters. The SMILES string of the molecule is C=CC=CCCCCCCCCCCCCCOC(C)=O. The highest BCUT2D eigenvalue weighted by atomic mass is 16.5. The van der Waals surface area contributed by atoms with E-state index < -0.39 is 0 Å². The number of hydrogen-bond donors (Lipinski definition) is 0. The Hall–Kier alpha value is -1.05. The van der Waals surface area contributed by atoms with Gasteiger partial charge in [0.2, 0.25) is 0 Å². The molecule has 0 bridgehead atoms. The molecule has 122 valence electrons. The van der Waals surface area contributed by atoms with Crippen LogP contribution in [-0.2, 0) is 9.53 Å². The highest BCUT2D eigenvalue weighted by molar-refractivity contribution is 5.65. The van der Waals surface area contributed by atoms with Crippen molar-refractivity contribution in [2.45, 2.75) is 84.0 Å². The molecule has 0 unspecified atom stereocenters. The maximum Gasteiger partial charge on any atom is 0.302 e. The van der Waals surface area contributed by atoms with Crippen LogP contribution in [0.5, 0.6) is 0 Å². The van der Waals surface area contributed by atoms with Crippen LogP contribution in [-0.4, -0.2) is 12.6 Å². The largest absolute Gasteiger partial charge is 0.466 e. The highest BCUT2D eigenvalue weighted by Gasteiger charge is 1.95. The van der Waals surface area contributed by atoms with E-state index >= 15 is 0 Å². The summed E-state index contributed by atoms with van der Waals surface area (Å²) < 4.78 is 4.91. The monoisotopic (exact) mass is 294 g/mol. The van der Waals surface area contributed by atoms with Gasteiger partial charge in [0, 0.05) is 6.92 Å². The number of ether oxygens (including phenoxy) is 1. The van der Waals surface area contributed by atoms with Crippen LogP contribution in [0.2, 0.25) is 0 Å². The lowest BCUT2D eigenvalue weighted by molar-refractivity contribution is -0.141. The van der Waals surface area contributed by atoms with Crippen LogP contribution in [0, 0.1) is 0 Å². The summed E-state index contributed by atoms with van der Waals surface area (Å²) in [5.41, 5.74) is 0. The smallest absolute Gasteiger partial charge is 0.302 e. The minimum absolute atomic E-state index is 0.160. The molecule has 0 aromatic carbocycles.